The van der Waals surface area contributed by atoms with Gasteiger partial charge in [0.15, 0.2) is 11.5 Å². The highest BCUT2D eigenvalue weighted by Crippen LogP contribution is 2.36. The molecule has 2 aromatic heterocycles. The van der Waals surface area contributed by atoms with Crippen molar-refractivity contribution in [3.63, 3.8) is 0 Å². The van der Waals surface area contributed by atoms with Crippen molar-refractivity contribution in [2.24, 2.45) is 0 Å². The molecule has 0 aliphatic carbocycles. The summed E-state index contributed by atoms with van der Waals surface area (Å²) < 4.78 is 12.6. The average Bonchev–Trinajstić information content (AvgIpc) is 3.33. The van der Waals surface area contributed by atoms with Crippen LogP contribution in [0.2, 0.25) is 0 Å². The molecule has 9 nitrogen and oxygen atoms in total. The fraction of sp³-hybridized carbons (Fsp3) is 0.263. The number of aliphatic hydroxyl groups excluding tert-OH is 1. The van der Waals surface area contributed by atoms with Gasteiger partial charge in [0, 0.05) is 18.3 Å². The zero-order valence-corrected chi connectivity index (χ0v) is 15.2. The number of ether oxygens (including phenoxy) is 2. The quantitative estimate of drug-likeness (QED) is 0.668. The molecule has 4 rings (SSSR count). The second-order valence-electron chi connectivity index (χ2n) is 6.28. The first-order valence-corrected chi connectivity index (χ1v) is 8.74. The van der Waals surface area contributed by atoms with E-state index in [1.54, 1.807) is 25.4 Å². The number of fused-ring (bicyclic) bond motifs is 1. The Hall–Kier alpha value is -3.64. The van der Waals surface area contributed by atoms with Gasteiger partial charge in [-0.3, -0.25) is 4.57 Å². The number of hydrogen-bond donors (Lipinski definition) is 2. The number of aliphatic hydroxyl groups is 1. The molecule has 0 saturated heterocycles. The zero-order valence-electron chi connectivity index (χ0n) is 15.2. The molecule has 0 radical (unpaired) electrons. The van der Waals surface area contributed by atoms with E-state index in [9.17, 15) is 10.4 Å². The number of nitrogens with one attached hydrogen (secondary N) is 1. The maximum Gasteiger partial charge on any atom is 0.231 e. The van der Waals surface area contributed by atoms with Crippen LogP contribution in [0.15, 0.2) is 36.7 Å². The topological polar surface area (TPSA) is 118 Å². The normalized spacial score (nSPS) is 13.2. The van der Waals surface area contributed by atoms with Gasteiger partial charge in [-0.1, -0.05) is 0 Å². The number of aromatic nitrogens is 4. The van der Waals surface area contributed by atoms with Gasteiger partial charge >= 0.3 is 0 Å². The summed E-state index contributed by atoms with van der Waals surface area (Å²) >= 11 is 0. The van der Waals surface area contributed by atoms with Crippen molar-refractivity contribution in [2.45, 2.75) is 19.4 Å². The summed E-state index contributed by atoms with van der Waals surface area (Å²) in [5, 5.41) is 21.6. The Kier molecular flexibility index (Phi) is 4.78. The van der Waals surface area contributed by atoms with Gasteiger partial charge in [0.2, 0.25) is 12.7 Å². The van der Waals surface area contributed by atoms with E-state index in [1.165, 1.54) is 0 Å². The minimum absolute atomic E-state index is 0.179. The smallest absolute Gasteiger partial charge is 0.231 e. The van der Waals surface area contributed by atoms with Crippen LogP contribution in [0.25, 0.3) is 17.2 Å². The third-order valence-corrected chi connectivity index (χ3v) is 4.15. The largest absolute Gasteiger partial charge is 0.454 e. The third-order valence-electron chi connectivity index (χ3n) is 4.15. The van der Waals surface area contributed by atoms with Crippen LogP contribution in [0.5, 0.6) is 11.5 Å². The van der Waals surface area contributed by atoms with Crippen molar-refractivity contribution in [3.8, 4) is 34.8 Å². The third kappa shape index (κ3) is 3.45. The number of imidazole rings is 1. The molecule has 9 heteroatoms. The van der Waals surface area contributed by atoms with Crippen LogP contribution in [-0.2, 0) is 6.42 Å². The lowest BCUT2D eigenvalue weighted by Gasteiger charge is -2.12. The number of nitrogens with zero attached hydrogens (tertiary/aromatic N) is 5. The minimum atomic E-state index is -0.529. The summed E-state index contributed by atoms with van der Waals surface area (Å²) in [5.41, 5.74) is 1.51. The van der Waals surface area contributed by atoms with Crippen LogP contribution in [-0.4, -0.2) is 44.1 Å². The highest BCUT2D eigenvalue weighted by atomic mass is 16.7. The summed E-state index contributed by atoms with van der Waals surface area (Å²) in [4.78, 5) is 13.2. The number of rotatable bonds is 6. The minimum Gasteiger partial charge on any atom is -0.454 e. The van der Waals surface area contributed by atoms with Gasteiger partial charge in [0.1, 0.15) is 11.6 Å². The van der Waals surface area contributed by atoms with E-state index in [2.05, 4.69) is 26.3 Å². The first kappa shape index (κ1) is 17.8. The molecule has 0 saturated carbocycles. The molecular weight excluding hydrogens is 360 g/mol. The van der Waals surface area contributed by atoms with E-state index in [4.69, 9.17) is 9.47 Å². The predicted molar refractivity (Wildman–Crippen MR) is 100 cm³/mol. The molecule has 0 spiro atoms. The number of benzene rings is 1. The van der Waals surface area contributed by atoms with E-state index in [1.807, 2.05) is 22.8 Å². The van der Waals surface area contributed by atoms with Gasteiger partial charge in [-0.05, 0) is 31.2 Å². The SMILES string of the molecule is C[C@@H](O)CNc1nccc(-n2c(CC#N)cnc2-c2ccc3c(c2)OCO3)n1. The first-order chi connectivity index (χ1) is 13.7. The average molecular weight is 378 g/mol. The molecule has 3 aromatic rings. The van der Waals surface area contributed by atoms with Gasteiger partial charge < -0.3 is 19.9 Å². The Morgan fingerprint density at radius 3 is 2.96 bits per heavy atom. The van der Waals surface area contributed by atoms with Gasteiger partial charge in [0.05, 0.1) is 30.5 Å². The van der Waals surface area contributed by atoms with Gasteiger partial charge in [-0.25, -0.2) is 9.97 Å². The second-order valence-corrected chi connectivity index (χ2v) is 6.28. The molecule has 1 aromatic carbocycles. The molecule has 28 heavy (non-hydrogen) atoms. The maximum absolute atomic E-state index is 9.46. The van der Waals surface area contributed by atoms with Crippen LogP contribution < -0.4 is 14.8 Å². The maximum atomic E-state index is 9.46. The van der Waals surface area contributed by atoms with Crippen LogP contribution in [0, 0.1) is 11.3 Å². The standard InChI is InChI=1S/C19H18N6O3/c1-12(26)9-23-19-21-7-5-17(24-19)25-14(4-6-20)10-22-18(25)13-2-3-15-16(8-13)28-11-27-15/h2-3,5,7-8,10,12,26H,4,9,11H2,1H3,(H,21,23,24)/t12-/m1/s1. The van der Waals surface area contributed by atoms with Gasteiger partial charge in [-0.15, -0.1) is 0 Å². The van der Waals surface area contributed by atoms with E-state index in [0.29, 0.717) is 41.3 Å². The molecule has 1 atom stereocenters. The van der Waals surface area contributed by atoms with E-state index >= 15 is 0 Å². The Morgan fingerprint density at radius 2 is 2.14 bits per heavy atom. The van der Waals surface area contributed by atoms with E-state index < -0.39 is 6.10 Å². The van der Waals surface area contributed by atoms with Crippen molar-refractivity contribution >= 4 is 5.95 Å². The Balaban J connectivity index is 1.77. The first-order valence-electron chi connectivity index (χ1n) is 8.74. The lowest BCUT2D eigenvalue weighted by atomic mass is 10.2. The van der Waals surface area contributed by atoms with E-state index in [0.717, 1.165) is 5.56 Å². The summed E-state index contributed by atoms with van der Waals surface area (Å²) in [5.74, 6) is 2.91. The van der Waals surface area contributed by atoms with Gasteiger partial charge in [-0.2, -0.15) is 10.2 Å². The summed E-state index contributed by atoms with van der Waals surface area (Å²) in [6.07, 6.45) is 2.93. The molecular formula is C19H18N6O3. The highest BCUT2D eigenvalue weighted by Gasteiger charge is 2.19. The molecule has 1 aliphatic rings. The van der Waals surface area contributed by atoms with Crippen molar-refractivity contribution in [3.05, 3.63) is 42.4 Å². The van der Waals surface area contributed by atoms with Crippen molar-refractivity contribution in [1.82, 2.24) is 19.5 Å². The molecule has 2 N–H and O–H groups in total. The zero-order chi connectivity index (χ0) is 19.5. The van der Waals surface area contributed by atoms with Crippen molar-refractivity contribution < 1.29 is 14.6 Å². The van der Waals surface area contributed by atoms with Gasteiger partial charge in [0.25, 0.3) is 0 Å². The number of anilines is 1. The number of hydrogen-bond acceptors (Lipinski definition) is 8. The monoisotopic (exact) mass is 378 g/mol. The van der Waals surface area contributed by atoms with Crippen LogP contribution in [0.4, 0.5) is 5.95 Å². The molecule has 142 valence electrons. The summed E-state index contributed by atoms with van der Waals surface area (Å²) in [6, 6.07) is 9.47. The van der Waals surface area contributed by atoms with Crippen molar-refractivity contribution in [2.75, 3.05) is 18.7 Å². The van der Waals surface area contributed by atoms with Crippen LogP contribution in [0.1, 0.15) is 12.6 Å². The second kappa shape index (κ2) is 7.54. The van der Waals surface area contributed by atoms with E-state index in [-0.39, 0.29) is 13.2 Å². The Labute approximate surface area is 161 Å². The van der Waals surface area contributed by atoms with Crippen LogP contribution >= 0.6 is 0 Å². The molecule has 3 heterocycles. The molecule has 0 amide bonds. The highest BCUT2D eigenvalue weighted by molar-refractivity contribution is 5.64. The molecule has 0 unspecified atom stereocenters. The number of nitriles is 1. The lowest BCUT2D eigenvalue weighted by molar-refractivity contribution is 0.174. The Morgan fingerprint density at radius 1 is 1.29 bits per heavy atom. The lowest BCUT2D eigenvalue weighted by Crippen LogP contribution is -2.17. The van der Waals surface area contributed by atoms with Crippen molar-refractivity contribution in [1.29, 1.82) is 5.26 Å². The molecule has 0 bridgehead atoms. The molecule has 1 aliphatic heterocycles. The predicted octanol–water partition coefficient (Wildman–Crippen LogP) is 1.92. The summed E-state index contributed by atoms with van der Waals surface area (Å²) in [7, 11) is 0. The van der Waals surface area contributed by atoms with Crippen LogP contribution in [0.3, 0.4) is 0 Å². The summed E-state index contributed by atoms with van der Waals surface area (Å²) in [6.45, 7) is 2.19. The molecule has 0 fully saturated rings. The fourth-order valence-corrected chi connectivity index (χ4v) is 2.89. The fourth-order valence-electron chi connectivity index (χ4n) is 2.89. The Bertz CT molecular complexity index is 1040.